The first-order valence-corrected chi connectivity index (χ1v) is 17.8. The molecular formula is C36H45ClF3N5O5. The van der Waals surface area contributed by atoms with E-state index in [-0.39, 0.29) is 47.8 Å². The van der Waals surface area contributed by atoms with Gasteiger partial charge in [0, 0.05) is 82.7 Å². The summed E-state index contributed by atoms with van der Waals surface area (Å²) in [6.45, 7) is 7.11. The molecule has 2 N–H and O–H groups in total. The molecule has 2 aromatic carbocycles. The van der Waals surface area contributed by atoms with Gasteiger partial charge in [-0.15, -0.1) is 0 Å². The number of hydrogen-bond acceptors (Lipinski definition) is 6. The first kappa shape index (κ1) is 36.2. The number of benzene rings is 2. The number of phenolic OH excluding ortho intramolecular Hbond substituents is 1. The number of nitrogens with one attached hydrogen (secondary N) is 1. The zero-order chi connectivity index (χ0) is 35.6. The fraction of sp³-hybridized carbons (Fsp3) is 0.583. The number of ether oxygens (including phenoxy) is 1. The van der Waals surface area contributed by atoms with Crippen molar-refractivity contribution < 1.29 is 37.4 Å². The van der Waals surface area contributed by atoms with Gasteiger partial charge in [0.15, 0.2) is 0 Å². The average molecular weight is 720 g/mol. The van der Waals surface area contributed by atoms with E-state index < -0.39 is 28.4 Å². The lowest BCUT2D eigenvalue weighted by Gasteiger charge is -2.48. The molecule has 6 rings (SSSR count). The van der Waals surface area contributed by atoms with Crippen molar-refractivity contribution >= 4 is 35.1 Å². The number of nitrogens with zero attached hydrogens (tertiary/aromatic N) is 4. The zero-order valence-corrected chi connectivity index (χ0v) is 29.1. The number of fused-ring (bicyclic) bond motifs is 1. The number of amides is 4. The van der Waals surface area contributed by atoms with Crippen LogP contribution in [0.1, 0.15) is 55.7 Å². The van der Waals surface area contributed by atoms with Crippen LogP contribution in [0.5, 0.6) is 5.75 Å². The molecule has 0 spiro atoms. The van der Waals surface area contributed by atoms with Crippen LogP contribution in [0.4, 0.5) is 23.7 Å². The van der Waals surface area contributed by atoms with Crippen molar-refractivity contribution in [1.29, 1.82) is 0 Å². The molecule has 14 heteroatoms. The molecule has 0 aromatic heterocycles. The number of alkyl halides is 3. The monoisotopic (exact) mass is 719 g/mol. The van der Waals surface area contributed by atoms with E-state index in [9.17, 15) is 32.7 Å². The van der Waals surface area contributed by atoms with E-state index in [0.717, 1.165) is 36.6 Å². The summed E-state index contributed by atoms with van der Waals surface area (Å²) >= 11 is 6.02. The Balaban J connectivity index is 1.13. The third kappa shape index (κ3) is 8.00. The number of carbonyl (C=O) groups excluding carboxylic acids is 3. The number of likely N-dealkylation sites (tertiary alicyclic amines) is 1. The Morgan fingerprint density at radius 2 is 1.70 bits per heavy atom. The van der Waals surface area contributed by atoms with E-state index in [2.05, 4.69) is 17.1 Å². The highest BCUT2D eigenvalue weighted by Gasteiger charge is 2.40. The van der Waals surface area contributed by atoms with E-state index in [1.54, 1.807) is 9.80 Å². The molecule has 4 aliphatic rings. The number of aromatic hydroxyl groups is 1. The summed E-state index contributed by atoms with van der Waals surface area (Å²) in [7, 11) is 0. The van der Waals surface area contributed by atoms with E-state index in [1.165, 1.54) is 6.07 Å². The van der Waals surface area contributed by atoms with Crippen molar-refractivity contribution in [1.82, 2.24) is 19.6 Å². The minimum atomic E-state index is -4.85. The van der Waals surface area contributed by atoms with Gasteiger partial charge >= 0.3 is 12.2 Å². The number of halogens is 4. The number of carbonyl (C=O) groups is 3. The minimum absolute atomic E-state index is 0.0242. The summed E-state index contributed by atoms with van der Waals surface area (Å²) in [5, 5.41) is 12.6. The van der Waals surface area contributed by atoms with Gasteiger partial charge in [0.05, 0.1) is 16.5 Å². The fourth-order valence-electron chi connectivity index (χ4n) is 7.88. The Kier molecular flexibility index (Phi) is 10.9. The number of para-hydroxylation sites is 1. The molecule has 0 radical (unpaired) electrons. The van der Waals surface area contributed by atoms with Crippen LogP contribution in [0.15, 0.2) is 36.4 Å². The van der Waals surface area contributed by atoms with E-state index in [4.69, 9.17) is 16.3 Å². The molecule has 0 unspecified atom stereocenters. The maximum Gasteiger partial charge on any atom is 0.420 e. The van der Waals surface area contributed by atoms with E-state index in [0.29, 0.717) is 71.9 Å². The Bertz CT molecular complexity index is 1570. The second-order valence-corrected chi connectivity index (χ2v) is 14.5. The predicted molar refractivity (Wildman–Crippen MR) is 182 cm³/mol. The van der Waals surface area contributed by atoms with Crippen LogP contribution in [-0.2, 0) is 33.3 Å². The lowest BCUT2D eigenvalue weighted by Crippen LogP contribution is -2.59. The molecule has 4 heterocycles. The molecule has 0 saturated carbocycles. The van der Waals surface area contributed by atoms with Crippen LogP contribution in [0, 0.1) is 5.92 Å². The SMILES string of the molecule is CC1(N2CCN(C(=O)[C@H](CC(=O)N3CCC(N4CCc5ccccc5NC4=O)CC3)Cc3cc(Cl)c(O)c(C(F)(F)F)c3)CC2)CCOCC1. The topological polar surface area (TPSA) is 106 Å². The molecule has 272 valence electrons. The number of urea groups is 1. The number of piperidine rings is 1. The molecule has 1 atom stereocenters. The maximum absolute atomic E-state index is 14.1. The summed E-state index contributed by atoms with van der Waals surface area (Å²) in [6.07, 6.45) is -1.52. The second-order valence-electron chi connectivity index (χ2n) is 14.1. The summed E-state index contributed by atoms with van der Waals surface area (Å²) in [4.78, 5) is 48.6. The zero-order valence-electron chi connectivity index (χ0n) is 28.3. The minimum Gasteiger partial charge on any atom is -0.506 e. The second kappa shape index (κ2) is 15.0. The lowest BCUT2D eigenvalue weighted by molar-refractivity contribution is -0.144. The first-order valence-electron chi connectivity index (χ1n) is 17.5. The van der Waals surface area contributed by atoms with Crippen LogP contribution in [0.25, 0.3) is 0 Å². The third-order valence-corrected chi connectivity index (χ3v) is 11.3. The Labute approximate surface area is 295 Å². The standard InChI is InChI=1S/C36H45ClF3N5O5/c1-35(9-18-50-19-10-35)44-16-14-43(15-17-44)33(48)26(20-24-21-28(36(38,39)40)32(47)29(37)22-24)23-31(46)42-11-7-27(8-12-42)45-13-6-25-4-2-3-5-30(25)41-34(45)49/h2-5,21-22,26-27,47H,6-20,23H2,1H3,(H,41,49)/t26-/m0/s1. The fourth-order valence-corrected chi connectivity index (χ4v) is 8.12. The smallest absolute Gasteiger partial charge is 0.420 e. The van der Waals surface area contributed by atoms with Crippen molar-refractivity contribution in [3.05, 3.63) is 58.1 Å². The van der Waals surface area contributed by atoms with Crippen LogP contribution in [0.3, 0.4) is 0 Å². The number of hydrogen-bond donors (Lipinski definition) is 2. The third-order valence-electron chi connectivity index (χ3n) is 11.0. The summed E-state index contributed by atoms with van der Waals surface area (Å²) in [5.74, 6) is -2.54. The molecule has 0 bridgehead atoms. The molecule has 4 aliphatic heterocycles. The van der Waals surface area contributed by atoms with Crippen molar-refractivity contribution in [3.63, 3.8) is 0 Å². The average Bonchev–Trinajstić information content (AvgIpc) is 3.27. The summed E-state index contributed by atoms with van der Waals surface area (Å²) in [6, 6.07) is 9.54. The summed E-state index contributed by atoms with van der Waals surface area (Å²) < 4.78 is 46.8. The number of rotatable bonds is 7. The normalized spacial score (nSPS) is 21.3. The molecule has 10 nitrogen and oxygen atoms in total. The largest absolute Gasteiger partial charge is 0.506 e. The quantitative estimate of drug-likeness (QED) is 0.397. The van der Waals surface area contributed by atoms with Crippen LogP contribution in [0.2, 0.25) is 5.02 Å². The Hall–Kier alpha value is -3.55. The van der Waals surface area contributed by atoms with Gasteiger partial charge in [-0.25, -0.2) is 4.79 Å². The van der Waals surface area contributed by atoms with Gasteiger partial charge in [-0.2, -0.15) is 13.2 Å². The lowest BCUT2D eigenvalue weighted by atomic mass is 9.89. The van der Waals surface area contributed by atoms with Gasteiger partial charge in [-0.1, -0.05) is 29.8 Å². The highest BCUT2D eigenvalue weighted by molar-refractivity contribution is 6.32. The Morgan fingerprint density at radius 3 is 2.38 bits per heavy atom. The number of anilines is 1. The van der Waals surface area contributed by atoms with Gasteiger partial charge in [-0.05, 0) is 74.8 Å². The van der Waals surface area contributed by atoms with Gasteiger partial charge in [-0.3, -0.25) is 14.5 Å². The van der Waals surface area contributed by atoms with E-state index in [1.807, 2.05) is 29.2 Å². The molecule has 3 fully saturated rings. The Morgan fingerprint density at radius 1 is 1.02 bits per heavy atom. The van der Waals surface area contributed by atoms with Gasteiger partial charge in [0.2, 0.25) is 11.8 Å². The first-order chi connectivity index (χ1) is 23.8. The maximum atomic E-state index is 14.1. The van der Waals surface area contributed by atoms with Crippen molar-refractivity contribution in [2.75, 3.05) is 64.3 Å². The van der Waals surface area contributed by atoms with Crippen molar-refractivity contribution in [3.8, 4) is 5.75 Å². The molecule has 4 amide bonds. The van der Waals surface area contributed by atoms with Crippen molar-refractivity contribution in [2.45, 2.75) is 69.6 Å². The summed E-state index contributed by atoms with van der Waals surface area (Å²) in [5.41, 5.74) is 0.692. The molecule has 0 aliphatic carbocycles. The van der Waals surface area contributed by atoms with E-state index >= 15 is 0 Å². The molecule has 50 heavy (non-hydrogen) atoms. The van der Waals surface area contributed by atoms with Crippen LogP contribution < -0.4 is 5.32 Å². The van der Waals surface area contributed by atoms with Crippen LogP contribution in [-0.4, -0.2) is 113 Å². The van der Waals surface area contributed by atoms with Crippen LogP contribution >= 0.6 is 11.6 Å². The van der Waals surface area contributed by atoms with Gasteiger partial charge in [0.25, 0.3) is 0 Å². The highest BCUT2D eigenvalue weighted by atomic mass is 35.5. The molecular weight excluding hydrogens is 675 g/mol. The van der Waals surface area contributed by atoms with Gasteiger partial charge in [0.1, 0.15) is 5.75 Å². The van der Waals surface area contributed by atoms with Gasteiger partial charge < -0.3 is 29.9 Å². The number of piperazine rings is 1. The molecule has 2 aromatic rings. The van der Waals surface area contributed by atoms with Crippen molar-refractivity contribution in [2.24, 2.45) is 5.92 Å². The molecule has 3 saturated heterocycles. The predicted octanol–water partition coefficient (Wildman–Crippen LogP) is 5.41. The number of phenols is 1. The highest BCUT2D eigenvalue weighted by Crippen LogP contribution is 2.41.